The van der Waals surface area contributed by atoms with E-state index in [4.69, 9.17) is 0 Å². The van der Waals surface area contributed by atoms with E-state index in [-0.39, 0.29) is 0 Å². The first-order valence-electron chi connectivity index (χ1n) is 3.78. The summed E-state index contributed by atoms with van der Waals surface area (Å²) in [5.74, 6) is 0. The first-order valence-corrected chi connectivity index (χ1v) is 4.58. The number of benzene rings is 1. The molecule has 0 bridgehead atoms. The predicted molar refractivity (Wildman–Crippen MR) is 58.0 cm³/mol. The highest BCUT2D eigenvalue weighted by Crippen LogP contribution is 2.20. The minimum absolute atomic E-state index is 0.844. The van der Waals surface area contributed by atoms with Crippen molar-refractivity contribution in [3.8, 4) is 0 Å². The number of hydrogen-bond donors (Lipinski definition) is 0. The van der Waals surface area contributed by atoms with Crippen molar-refractivity contribution in [3.05, 3.63) is 53.5 Å². The smallest absolute Gasteiger partial charge is 0.0181 e. The van der Waals surface area contributed by atoms with Crippen LogP contribution in [0.15, 0.2) is 48.0 Å². The van der Waals surface area contributed by atoms with E-state index in [9.17, 15) is 0 Å². The molecule has 0 N–H and O–H groups in total. The van der Waals surface area contributed by atoms with E-state index in [0.29, 0.717) is 0 Å². The molecule has 0 atom stereocenters. The molecule has 1 aromatic carbocycles. The molecule has 0 spiro atoms. The molecule has 12 heavy (non-hydrogen) atoms. The summed E-state index contributed by atoms with van der Waals surface area (Å²) in [7, 11) is 0. The molecule has 0 aromatic heterocycles. The molecule has 0 radical (unpaired) electrons. The first-order chi connectivity index (χ1) is 5.74. The van der Waals surface area contributed by atoms with Gasteiger partial charge in [0.25, 0.3) is 0 Å². The third-order valence-electron chi connectivity index (χ3n) is 1.62. The quantitative estimate of drug-likeness (QED) is 0.678. The summed E-state index contributed by atoms with van der Waals surface area (Å²) >= 11 is 3.41. The Labute approximate surface area is 81.7 Å². The standard InChI is InChI=1S/C11H11Br/c1-3-5-9(2)10-6-4-7-11(12)8-10/h3-4,6-8H,1-2,5H2. The SMILES string of the molecule is C=CCC(=C)c1cccc(Br)c1. The average Bonchev–Trinajstić information content (AvgIpc) is 2.05. The van der Waals surface area contributed by atoms with Gasteiger partial charge in [-0.15, -0.1) is 6.58 Å². The highest BCUT2D eigenvalue weighted by atomic mass is 79.9. The van der Waals surface area contributed by atoms with Crippen LogP contribution in [0.4, 0.5) is 0 Å². The summed E-state index contributed by atoms with van der Waals surface area (Å²) in [4.78, 5) is 0. The van der Waals surface area contributed by atoms with Crippen LogP contribution in [0.2, 0.25) is 0 Å². The molecule has 0 saturated carbocycles. The summed E-state index contributed by atoms with van der Waals surface area (Å²) in [5.41, 5.74) is 2.27. The van der Waals surface area contributed by atoms with Crippen LogP contribution in [0.25, 0.3) is 5.57 Å². The Morgan fingerprint density at radius 3 is 2.83 bits per heavy atom. The van der Waals surface area contributed by atoms with Gasteiger partial charge in [-0.2, -0.15) is 0 Å². The van der Waals surface area contributed by atoms with E-state index < -0.39 is 0 Å². The Morgan fingerprint density at radius 1 is 1.50 bits per heavy atom. The summed E-state index contributed by atoms with van der Waals surface area (Å²) < 4.78 is 1.09. The lowest BCUT2D eigenvalue weighted by Crippen LogP contribution is -1.80. The maximum Gasteiger partial charge on any atom is 0.0181 e. The zero-order valence-electron chi connectivity index (χ0n) is 6.89. The van der Waals surface area contributed by atoms with Crippen LogP contribution in [0.5, 0.6) is 0 Å². The largest absolute Gasteiger partial charge is 0.103 e. The van der Waals surface area contributed by atoms with Gasteiger partial charge in [-0.1, -0.05) is 40.7 Å². The third-order valence-corrected chi connectivity index (χ3v) is 2.12. The van der Waals surface area contributed by atoms with Crippen LogP contribution < -0.4 is 0 Å². The van der Waals surface area contributed by atoms with Crippen molar-refractivity contribution in [3.63, 3.8) is 0 Å². The fourth-order valence-corrected chi connectivity index (χ4v) is 1.40. The minimum Gasteiger partial charge on any atom is -0.103 e. The van der Waals surface area contributed by atoms with Crippen molar-refractivity contribution in [1.82, 2.24) is 0 Å². The van der Waals surface area contributed by atoms with Crippen LogP contribution in [0.1, 0.15) is 12.0 Å². The molecular weight excluding hydrogens is 212 g/mol. The Bertz CT molecular complexity index is 300. The normalized spacial score (nSPS) is 9.42. The maximum absolute atomic E-state index is 3.96. The summed E-state index contributed by atoms with van der Waals surface area (Å²) in [5, 5.41) is 0. The van der Waals surface area contributed by atoms with Crippen LogP contribution in [0, 0.1) is 0 Å². The molecule has 0 aliphatic rings. The van der Waals surface area contributed by atoms with Gasteiger partial charge < -0.3 is 0 Å². The van der Waals surface area contributed by atoms with Crippen molar-refractivity contribution in [2.24, 2.45) is 0 Å². The van der Waals surface area contributed by atoms with Gasteiger partial charge in [-0.3, -0.25) is 0 Å². The average molecular weight is 223 g/mol. The lowest BCUT2D eigenvalue weighted by molar-refractivity contribution is 1.40. The Kier molecular flexibility index (Phi) is 3.30. The second kappa shape index (κ2) is 4.27. The van der Waals surface area contributed by atoms with Crippen molar-refractivity contribution < 1.29 is 0 Å². The van der Waals surface area contributed by atoms with Crippen LogP contribution in [0.3, 0.4) is 0 Å². The number of halogens is 1. The van der Waals surface area contributed by atoms with Crippen molar-refractivity contribution in [2.75, 3.05) is 0 Å². The zero-order valence-corrected chi connectivity index (χ0v) is 8.47. The topological polar surface area (TPSA) is 0 Å². The molecule has 62 valence electrons. The van der Waals surface area contributed by atoms with E-state index in [1.165, 1.54) is 5.56 Å². The fraction of sp³-hybridized carbons (Fsp3) is 0.0909. The van der Waals surface area contributed by atoms with Crippen molar-refractivity contribution in [2.45, 2.75) is 6.42 Å². The predicted octanol–water partition coefficient (Wildman–Crippen LogP) is 4.04. The molecule has 1 heteroatoms. The third kappa shape index (κ3) is 2.35. The summed E-state index contributed by atoms with van der Waals surface area (Å²) in [6, 6.07) is 8.13. The van der Waals surface area contributed by atoms with Gasteiger partial charge in [0.05, 0.1) is 0 Å². The Hall–Kier alpha value is -0.820. The van der Waals surface area contributed by atoms with E-state index in [0.717, 1.165) is 16.5 Å². The molecule has 0 unspecified atom stereocenters. The molecular formula is C11H11Br. The van der Waals surface area contributed by atoms with E-state index in [1.807, 2.05) is 18.2 Å². The molecule has 0 aliphatic heterocycles. The zero-order chi connectivity index (χ0) is 8.97. The second-order valence-corrected chi connectivity index (χ2v) is 3.52. The molecule has 0 heterocycles. The lowest BCUT2D eigenvalue weighted by atomic mass is 10.1. The van der Waals surface area contributed by atoms with E-state index in [2.05, 4.69) is 41.2 Å². The van der Waals surface area contributed by atoms with E-state index >= 15 is 0 Å². The molecule has 0 aliphatic carbocycles. The highest BCUT2D eigenvalue weighted by molar-refractivity contribution is 9.10. The fourth-order valence-electron chi connectivity index (χ4n) is 1.00. The van der Waals surface area contributed by atoms with Crippen molar-refractivity contribution in [1.29, 1.82) is 0 Å². The monoisotopic (exact) mass is 222 g/mol. The van der Waals surface area contributed by atoms with Gasteiger partial charge in [0.1, 0.15) is 0 Å². The summed E-state index contributed by atoms with van der Waals surface area (Å²) in [6.45, 7) is 7.64. The second-order valence-electron chi connectivity index (χ2n) is 2.61. The first kappa shape index (κ1) is 9.27. The molecule has 0 fully saturated rings. The van der Waals surface area contributed by atoms with Crippen molar-refractivity contribution >= 4 is 21.5 Å². The molecule has 0 saturated heterocycles. The van der Waals surface area contributed by atoms with Crippen LogP contribution in [-0.4, -0.2) is 0 Å². The lowest BCUT2D eigenvalue weighted by Gasteiger charge is -2.02. The molecule has 1 rings (SSSR count). The Balaban J connectivity index is 2.87. The molecule has 1 aromatic rings. The summed E-state index contributed by atoms with van der Waals surface area (Å²) in [6.07, 6.45) is 2.71. The molecule has 0 nitrogen and oxygen atoms in total. The van der Waals surface area contributed by atoms with Gasteiger partial charge in [-0.25, -0.2) is 0 Å². The van der Waals surface area contributed by atoms with Gasteiger partial charge in [0.2, 0.25) is 0 Å². The van der Waals surface area contributed by atoms with Gasteiger partial charge in [-0.05, 0) is 29.7 Å². The Morgan fingerprint density at radius 2 is 2.25 bits per heavy atom. The number of hydrogen-bond acceptors (Lipinski definition) is 0. The maximum atomic E-state index is 3.96. The van der Waals surface area contributed by atoms with E-state index in [1.54, 1.807) is 0 Å². The molecule has 0 amide bonds. The van der Waals surface area contributed by atoms with Crippen LogP contribution in [-0.2, 0) is 0 Å². The van der Waals surface area contributed by atoms with Gasteiger partial charge in [0, 0.05) is 4.47 Å². The van der Waals surface area contributed by atoms with Gasteiger partial charge in [0.15, 0.2) is 0 Å². The van der Waals surface area contributed by atoms with Crippen LogP contribution >= 0.6 is 15.9 Å². The minimum atomic E-state index is 0.844. The highest BCUT2D eigenvalue weighted by Gasteiger charge is 1.96. The number of rotatable bonds is 3. The van der Waals surface area contributed by atoms with Gasteiger partial charge >= 0.3 is 0 Å². The number of allylic oxidation sites excluding steroid dienone is 2.